The molecule has 0 saturated heterocycles. The summed E-state index contributed by atoms with van der Waals surface area (Å²) in [6.07, 6.45) is 13.0. The smallest absolute Gasteiger partial charge is 0.335 e. The quantitative estimate of drug-likeness (QED) is 0.0296. The monoisotopic (exact) mass is 1190 g/mol. The third kappa shape index (κ3) is 10.1. The van der Waals surface area contributed by atoms with Crippen LogP contribution >= 0.6 is 34.9 Å². The number of anilines is 4. The molecule has 85 heavy (non-hydrogen) atoms. The minimum atomic E-state index is -1.02. The minimum Gasteiger partial charge on any atom is -0.485 e. The summed E-state index contributed by atoms with van der Waals surface area (Å²) in [5.74, 6) is -2.27. The van der Waals surface area contributed by atoms with E-state index in [1.54, 1.807) is 36.4 Å². The first-order valence-corrected chi connectivity index (χ1v) is 30.1. The number of carbonyl (C=O) groups excluding carboxylic acids is 3. The van der Waals surface area contributed by atoms with Gasteiger partial charge in [0, 0.05) is 120 Å². The van der Waals surface area contributed by atoms with Crippen molar-refractivity contribution in [1.82, 2.24) is 4.98 Å². The second-order valence-corrected chi connectivity index (χ2v) is 25.7. The molecule has 19 heteroatoms. The Hall–Kier alpha value is -9.17. The average Bonchev–Trinajstić information content (AvgIpc) is 1.75. The van der Waals surface area contributed by atoms with E-state index < -0.39 is 17.9 Å². The number of nitrogens with zero attached hydrogens (tertiary/aromatic N) is 3. The number of thioether (sulfide) groups is 2. The van der Waals surface area contributed by atoms with Gasteiger partial charge in [-0.2, -0.15) is 0 Å². The maximum absolute atomic E-state index is 13.1. The number of para-hydroxylation sites is 2. The second kappa shape index (κ2) is 21.8. The summed E-state index contributed by atoms with van der Waals surface area (Å²) in [6.45, 7) is 10.8. The lowest BCUT2D eigenvalue weighted by atomic mass is 9.79. The number of nitrogens with two attached hydrogens (primary N) is 2. The largest absolute Gasteiger partial charge is 0.485 e. The van der Waals surface area contributed by atoms with Crippen LogP contribution < -0.4 is 21.3 Å². The van der Waals surface area contributed by atoms with Gasteiger partial charge in [-0.1, -0.05) is 64.1 Å². The number of carbonyl (C=O) groups is 6. The highest BCUT2D eigenvalue weighted by atomic mass is 32.2. The molecule has 7 N–H and O–H groups in total. The Kier molecular flexibility index (Phi) is 14.4. The topological polar surface area (TPSA) is 253 Å². The molecule has 2 unspecified atom stereocenters. The molecule has 0 fully saturated rings. The molecule has 0 spiro atoms. The van der Waals surface area contributed by atoms with Gasteiger partial charge in [0.05, 0.1) is 38.1 Å². The molecule has 0 radical (unpaired) electrons. The summed E-state index contributed by atoms with van der Waals surface area (Å²) >= 11 is 4.06. The lowest BCUT2D eigenvalue weighted by molar-refractivity contribution is -0.114. The number of rotatable bonds is 9. The van der Waals surface area contributed by atoms with Gasteiger partial charge in [0.2, 0.25) is 0 Å². The van der Waals surface area contributed by atoms with E-state index in [4.69, 9.17) is 31.2 Å². The maximum atomic E-state index is 13.1. The zero-order valence-corrected chi connectivity index (χ0v) is 48.8. The van der Waals surface area contributed by atoms with E-state index in [-0.39, 0.29) is 56.9 Å². The normalized spacial score (nSPS) is 19.7. The van der Waals surface area contributed by atoms with E-state index in [2.05, 4.69) is 103 Å². The van der Waals surface area contributed by atoms with Crippen molar-refractivity contribution in [2.24, 2.45) is 0 Å². The fraction of sp³-hybridized carbons (Fsp3) is 0.197. The predicted molar refractivity (Wildman–Crippen MR) is 330 cm³/mol. The van der Waals surface area contributed by atoms with Gasteiger partial charge in [0.1, 0.15) is 28.7 Å². The minimum absolute atomic E-state index is 0.0520. The predicted octanol–water partition coefficient (Wildman–Crippen LogP) is 12.1. The van der Waals surface area contributed by atoms with Gasteiger partial charge >= 0.3 is 17.9 Å². The van der Waals surface area contributed by atoms with Crippen LogP contribution in [0.25, 0.3) is 15.8 Å². The number of fused-ring (bicyclic) bond motifs is 11. The molecule has 1 aromatic heterocycles. The number of hydrogen-bond donors (Lipinski definition) is 5. The van der Waals surface area contributed by atoms with Crippen LogP contribution in [-0.2, 0) is 34.7 Å². The molecule has 2 aliphatic carbocycles. The summed E-state index contributed by atoms with van der Waals surface area (Å²) in [4.78, 5) is 80.3. The van der Waals surface area contributed by atoms with Crippen LogP contribution in [0.3, 0.4) is 0 Å². The molecular formula is C66H55N5O11S3. The molecule has 6 aliphatic heterocycles. The number of nitrogen functional groups attached to an aromatic ring is 2. The molecule has 2 atom stereocenters. The number of hydrogen-bond acceptors (Lipinski definition) is 16. The Balaban J connectivity index is 0.000000129. The standard InChI is InChI=1S/C29H22N2O4S.C22H19NO3.C15H14N2O4S2/c1-29(2)19-5-3-4-6-21(19)31-10-9-23-18(26(29)31)12-16-11-17(22(32)14-24(16)35-23)27-30-20-8-7-15(28(33)34)13-25(20)36-27;1-22(2)16-5-3-4-6-17(16)23-8-7-19-15(21(22)23)10-13-9-14(12-24)18(25)11-20(13)26-19;16-10-3-1-8(14(18)19)5-12(10)22-7-23-13-6-9(15(20)21)2-4-11(13)17/h3-8,11-14,23H,9-10H2,1-2H3,(H,33,34);3-6,9-12,19H,7-8H2,1-2H3;1-6H,7,16-17H2,(H,18,19)(H,20,21). The molecule has 16 nitrogen and oxygen atoms in total. The Morgan fingerprint density at radius 1 is 0.635 bits per heavy atom. The number of thiazole rings is 1. The molecule has 5 aromatic carbocycles. The lowest BCUT2D eigenvalue weighted by Gasteiger charge is -2.40. The van der Waals surface area contributed by atoms with Gasteiger partial charge in [0.15, 0.2) is 17.9 Å². The van der Waals surface area contributed by atoms with Crippen molar-refractivity contribution in [2.75, 3.05) is 39.4 Å². The van der Waals surface area contributed by atoms with Crippen LogP contribution in [0.4, 0.5) is 22.7 Å². The molecule has 14 rings (SSSR count). The van der Waals surface area contributed by atoms with Gasteiger partial charge in [-0.15, -0.1) is 34.9 Å². The van der Waals surface area contributed by atoms with Crippen LogP contribution in [0.1, 0.15) is 87.7 Å². The van der Waals surface area contributed by atoms with Crippen LogP contribution in [0, 0.1) is 0 Å². The number of aldehydes is 1. The third-order valence-corrected chi connectivity index (χ3v) is 19.6. The molecule has 428 valence electrons. The van der Waals surface area contributed by atoms with E-state index in [1.165, 1.54) is 105 Å². The van der Waals surface area contributed by atoms with Gasteiger partial charge < -0.3 is 46.1 Å². The molecule has 0 bridgehead atoms. The lowest BCUT2D eigenvalue weighted by Crippen LogP contribution is -2.39. The first-order chi connectivity index (χ1) is 40.7. The summed E-state index contributed by atoms with van der Waals surface area (Å²) in [5, 5.41) is 28.4. The molecule has 0 amide bonds. The van der Waals surface area contributed by atoms with E-state index in [1.807, 2.05) is 6.08 Å². The summed E-state index contributed by atoms with van der Waals surface area (Å²) in [6, 6.07) is 31.0. The van der Waals surface area contributed by atoms with Crippen molar-refractivity contribution in [3.8, 4) is 0 Å². The van der Waals surface area contributed by atoms with Crippen molar-refractivity contribution >= 4 is 109 Å². The van der Waals surface area contributed by atoms with E-state index >= 15 is 0 Å². The number of aromatic carboxylic acids is 3. The molecule has 7 heterocycles. The van der Waals surface area contributed by atoms with Crippen molar-refractivity contribution in [1.29, 1.82) is 0 Å². The zero-order valence-electron chi connectivity index (χ0n) is 46.4. The Morgan fingerprint density at radius 3 is 1.61 bits per heavy atom. The van der Waals surface area contributed by atoms with Crippen LogP contribution in [0.15, 0.2) is 200 Å². The van der Waals surface area contributed by atoms with E-state index in [0.717, 1.165) is 52.9 Å². The summed E-state index contributed by atoms with van der Waals surface area (Å²) in [7, 11) is 0. The molecule has 0 saturated carbocycles. The molecule has 8 aliphatic rings. The number of allylic oxidation sites excluding steroid dienone is 8. The van der Waals surface area contributed by atoms with Gasteiger partial charge in [0.25, 0.3) is 0 Å². The summed E-state index contributed by atoms with van der Waals surface area (Å²) < 4.78 is 13.3. The SMILES string of the molecule is CC1(C)C2=C3C=C4C=C(C=O)C(=O)C=C4OC3CCN2c2ccccc21.CC1(C)C2=C3C=C4C=C(c5nc6ccc(C(=O)O)cc6s5)C(=O)C=C4OC3CCN2c2ccccc21.Nc1ccc(C(=O)O)cc1SCSc1cc(C(=O)O)ccc1N. The van der Waals surface area contributed by atoms with Crippen LogP contribution in [0.2, 0.25) is 0 Å². The first-order valence-electron chi connectivity index (χ1n) is 27.3. The Bertz CT molecular complexity index is 4170. The van der Waals surface area contributed by atoms with E-state index in [9.17, 15) is 33.9 Å². The number of carboxylic acids is 3. The summed E-state index contributed by atoms with van der Waals surface area (Å²) in [5.41, 5.74) is 25.9. The van der Waals surface area contributed by atoms with E-state index in [0.29, 0.717) is 60.2 Å². The number of ketones is 2. The number of ether oxygens (including phenoxy) is 2. The molecular weight excluding hydrogens is 1130 g/mol. The highest BCUT2D eigenvalue weighted by molar-refractivity contribution is 8.16. The Morgan fingerprint density at radius 2 is 1.11 bits per heavy atom. The highest BCUT2D eigenvalue weighted by Crippen LogP contribution is 2.55. The van der Waals surface area contributed by atoms with Gasteiger partial charge in [-0.3, -0.25) is 14.4 Å². The van der Waals surface area contributed by atoms with Crippen molar-refractivity contribution in [3.63, 3.8) is 0 Å². The maximum Gasteiger partial charge on any atom is 0.335 e. The number of benzene rings is 5. The second-order valence-electron chi connectivity index (χ2n) is 22.2. The van der Waals surface area contributed by atoms with Crippen molar-refractivity contribution < 1.29 is 53.6 Å². The highest BCUT2D eigenvalue weighted by Gasteiger charge is 2.48. The fourth-order valence-electron chi connectivity index (χ4n) is 12.2. The van der Waals surface area contributed by atoms with Crippen LogP contribution in [0.5, 0.6) is 0 Å². The number of aromatic nitrogens is 1. The first kappa shape index (κ1) is 56.3. The zero-order chi connectivity index (χ0) is 59.8. The van der Waals surface area contributed by atoms with Crippen LogP contribution in [-0.4, -0.2) is 86.4 Å². The number of carboxylic acid groups (broad SMARTS) is 3. The average molecular weight is 1190 g/mol. The fourth-order valence-corrected chi connectivity index (χ4v) is 15.4. The molecule has 6 aromatic rings. The third-order valence-electron chi connectivity index (χ3n) is 16.3. The van der Waals surface area contributed by atoms with Crippen molar-refractivity contribution in [3.05, 3.63) is 223 Å². The van der Waals surface area contributed by atoms with Gasteiger partial charge in [-0.05, 0) is 102 Å². The van der Waals surface area contributed by atoms with Crippen molar-refractivity contribution in [2.45, 2.75) is 73.4 Å². The van der Waals surface area contributed by atoms with Gasteiger partial charge in [-0.25, -0.2) is 19.4 Å². The Labute approximate surface area is 500 Å².